The number of hydrogen-bond donors (Lipinski definition) is 1. The summed E-state index contributed by atoms with van der Waals surface area (Å²) in [5.74, 6) is 0. The number of hydrogen-bond acceptors (Lipinski definition) is 2. The number of halogens is 2. The Labute approximate surface area is 101 Å². The summed E-state index contributed by atoms with van der Waals surface area (Å²) in [6, 6.07) is 5.77. The highest BCUT2D eigenvalue weighted by Crippen LogP contribution is 2.25. The molecule has 0 bridgehead atoms. The normalized spacial score (nSPS) is 12.8. The Morgan fingerprint density at radius 3 is 2.40 bits per heavy atom. The van der Waals surface area contributed by atoms with Crippen LogP contribution in [0.2, 0.25) is 10.0 Å². The van der Waals surface area contributed by atoms with Gasteiger partial charge in [0.2, 0.25) is 0 Å². The van der Waals surface area contributed by atoms with E-state index in [4.69, 9.17) is 27.9 Å². The van der Waals surface area contributed by atoms with E-state index in [1.54, 1.807) is 7.11 Å². The van der Waals surface area contributed by atoms with E-state index in [1.807, 2.05) is 25.2 Å². The maximum atomic E-state index is 6.08. The smallest absolute Gasteiger partial charge is 0.0618 e. The van der Waals surface area contributed by atoms with Gasteiger partial charge in [-0.3, -0.25) is 0 Å². The lowest BCUT2D eigenvalue weighted by atomic mass is 10.1. The second kappa shape index (κ2) is 6.33. The van der Waals surface area contributed by atoms with Crippen molar-refractivity contribution in [3.8, 4) is 0 Å². The molecule has 1 atom stereocenters. The van der Waals surface area contributed by atoms with Crippen molar-refractivity contribution in [1.29, 1.82) is 0 Å². The number of rotatable bonds is 5. The zero-order chi connectivity index (χ0) is 11.3. The first-order valence-electron chi connectivity index (χ1n) is 4.78. The van der Waals surface area contributed by atoms with Gasteiger partial charge in [0.1, 0.15) is 0 Å². The fraction of sp³-hybridized carbons (Fsp3) is 0.455. The topological polar surface area (TPSA) is 21.3 Å². The molecular formula is C11H15Cl2NO. The fourth-order valence-electron chi connectivity index (χ4n) is 1.42. The predicted octanol–water partition coefficient (Wildman–Crippen LogP) is 2.77. The van der Waals surface area contributed by atoms with Gasteiger partial charge in [0.15, 0.2) is 0 Å². The van der Waals surface area contributed by atoms with E-state index in [1.165, 1.54) is 0 Å². The summed E-state index contributed by atoms with van der Waals surface area (Å²) in [6.07, 6.45) is 0.767. The number of likely N-dealkylation sites (N-methyl/N-ethyl adjacent to an activating group) is 1. The molecule has 0 aliphatic carbocycles. The molecule has 2 nitrogen and oxygen atoms in total. The molecule has 0 amide bonds. The summed E-state index contributed by atoms with van der Waals surface area (Å²) >= 11 is 12.2. The molecule has 0 spiro atoms. The number of nitrogens with one attached hydrogen (secondary N) is 1. The Hall–Kier alpha value is -0.280. The van der Waals surface area contributed by atoms with Gasteiger partial charge in [0.05, 0.1) is 6.61 Å². The molecule has 0 aliphatic rings. The summed E-state index contributed by atoms with van der Waals surface area (Å²) in [5, 5.41) is 4.58. The number of ether oxygens (including phenoxy) is 1. The van der Waals surface area contributed by atoms with E-state index in [0.29, 0.717) is 16.7 Å². The Morgan fingerprint density at radius 2 is 1.93 bits per heavy atom. The maximum absolute atomic E-state index is 6.08. The second-order valence-electron chi connectivity index (χ2n) is 3.35. The van der Waals surface area contributed by atoms with Crippen LogP contribution in [0.4, 0.5) is 0 Å². The molecule has 0 aliphatic heterocycles. The highest BCUT2D eigenvalue weighted by atomic mass is 35.5. The molecule has 1 aromatic carbocycles. The van der Waals surface area contributed by atoms with Crippen LogP contribution < -0.4 is 5.32 Å². The van der Waals surface area contributed by atoms with Gasteiger partial charge in [-0.25, -0.2) is 0 Å². The van der Waals surface area contributed by atoms with E-state index in [9.17, 15) is 0 Å². The van der Waals surface area contributed by atoms with E-state index in [-0.39, 0.29) is 6.04 Å². The minimum atomic E-state index is 0.229. The van der Waals surface area contributed by atoms with Crippen LogP contribution in [0.1, 0.15) is 5.56 Å². The molecule has 0 saturated heterocycles. The first kappa shape index (κ1) is 12.8. The summed E-state index contributed by atoms with van der Waals surface area (Å²) < 4.78 is 5.10. The van der Waals surface area contributed by atoms with Crippen LogP contribution in [-0.4, -0.2) is 26.8 Å². The van der Waals surface area contributed by atoms with E-state index >= 15 is 0 Å². The molecule has 15 heavy (non-hydrogen) atoms. The van der Waals surface area contributed by atoms with Crippen LogP contribution >= 0.6 is 23.2 Å². The van der Waals surface area contributed by atoms with E-state index in [0.717, 1.165) is 12.0 Å². The van der Waals surface area contributed by atoms with Gasteiger partial charge in [0.25, 0.3) is 0 Å². The fourth-order valence-corrected chi connectivity index (χ4v) is 1.97. The second-order valence-corrected chi connectivity index (χ2v) is 4.16. The highest BCUT2D eigenvalue weighted by Gasteiger charge is 2.12. The standard InChI is InChI=1S/C11H15Cl2NO/c1-14-8(7-15-2)6-9-10(12)4-3-5-11(9)13/h3-5,8,14H,6-7H2,1-2H3. The van der Waals surface area contributed by atoms with Crippen molar-refractivity contribution in [3.63, 3.8) is 0 Å². The average molecular weight is 248 g/mol. The summed E-state index contributed by atoms with van der Waals surface area (Å²) in [6.45, 7) is 0.637. The SMILES string of the molecule is CNC(COC)Cc1c(Cl)cccc1Cl. The average Bonchev–Trinajstić information content (AvgIpc) is 2.22. The Morgan fingerprint density at radius 1 is 1.33 bits per heavy atom. The van der Waals surface area contributed by atoms with Gasteiger partial charge in [-0.05, 0) is 31.2 Å². The van der Waals surface area contributed by atoms with Gasteiger partial charge >= 0.3 is 0 Å². The number of benzene rings is 1. The van der Waals surface area contributed by atoms with Crippen molar-refractivity contribution < 1.29 is 4.74 Å². The first-order valence-corrected chi connectivity index (χ1v) is 5.53. The van der Waals surface area contributed by atoms with Crippen LogP contribution in [0.5, 0.6) is 0 Å². The Balaban J connectivity index is 2.78. The van der Waals surface area contributed by atoms with Gasteiger partial charge in [-0.2, -0.15) is 0 Å². The van der Waals surface area contributed by atoms with Crippen LogP contribution in [0.25, 0.3) is 0 Å². The van der Waals surface area contributed by atoms with Crippen molar-refractivity contribution in [1.82, 2.24) is 5.32 Å². The molecule has 1 rings (SSSR count). The monoisotopic (exact) mass is 247 g/mol. The van der Waals surface area contributed by atoms with Crippen LogP contribution in [0.15, 0.2) is 18.2 Å². The lowest BCUT2D eigenvalue weighted by molar-refractivity contribution is 0.169. The van der Waals surface area contributed by atoms with Crippen molar-refractivity contribution in [2.45, 2.75) is 12.5 Å². The van der Waals surface area contributed by atoms with Crippen LogP contribution in [-0.2, 0) is 11.2 Å². The maximum Gasteiger partial charge on any atom is 0.0618 e. The molecule has 1 aromatic rings. The molecule has 4 heteroatoms. The first-order chi connectivity index (χ1) is 7.19. The van der Waals surface area contributed by atoms with Crippen LogP contribution in [0, 0.1) is 0 Å². The molecule has 0 saturated carbocycles. The minimum Gasteiger partial charge on any atom is -0.383 e. The third-order valence-electron chi connectivity index (χ3n) is 2.29. The van der Waals surface area contributed by atoms with Gasteiger partial charge < -0.3 is 10.1 Å². The zero-order valence-electron chi connectivity index (χ0n) is 8.89. The lowest BCUT2D eigenvalue weighted by Crippen LogP contribution is -2.32. The Bertz CT molecular complexity index is 297. The summed E-state index contributed by atoms with van der Waals surface area (Å²) in [4.78, 5) is 0. The van der Waals surface area contributed by atoms with Gasteiger partial charge in [0, 0.05) is 23.2 Å². The largest absolute Gasteiger partial charge is 0.383 e. The molecule has 1 N–H and O–H groups in total. The Kier molecular flexibility index (Phi) is 5.40. The molecule has 84 valence electrons. The van der Waals surface area contributed by atoms with Crippen molar-refractivity contribution >= 4 is 23.2 Å². The summed E-state index contributed by atoms with van der Waals surface area (Å²) in [5.41, 5.74) is 0.970. The highest BCUT2D eigenvalue weighted by molar-refractivity contribution is 6.35. The minimum absolute atomic E-state index is 0.229. The quantitative estimate of drug-likeness (QED) is 0.865. The van der Waals surface area contributed by atoms with Crippen molar-refractivity contribution in [3.05, 3.63) is 33.8 Å². The third-order valence-corrected chi connectivity index (χ3v) is 3.00. The molecule has 0 aromatic heterocycles. The van der Waals surface area contributed by atoms with Crippen molar-refractivity contribution in [2.75, 3.05) is 20.8 Å². The lowest BCUT2D eigenvalue weighted by Gasteiger charge is -2.16. The third kappa shape index (κ3) is 3.65. The van der Waals surface area contributed by atoms with Gasteiger partial charge in [-0.1, -0.05) is 29.3 Å². The predicted molar refractivity (Wildman–Crippen MR) is 64.9 cm³/mol. The number of methoxy groups -OCH3 is 1. The molecule has 0 heterocycles. The zero-order valence-corrected chi connectivity index (χ0v) is 10.4. The van der Waals surface area contributed by atoms with Crippen molar-refractivity contribution in [2.24, 2.45) is 0 Å². The molecule has 0 fully saturated rings. The van der Waals surface area contributed by atoms with Crippen LogP contribution in [0.3, 0.4) is 0 Å². The molecule has 0 radical (unpaired) electrons. The molecular weight excluding hydrogens is 233 g/mol. The van der Waals surface area contributed by atoms with E-state index < -0.39 is 0 Å². The summed E-state index contributed by atoms with van der Waals surface area (Å²) in [7, 11) is 3.58. The molecule has 1 unspecified atom stereocenters. The van der Waals surface area contributed by atoms with E-state index in [2.05, 4.69) is 5.32 Å². The van der Waals surface area contributed by atoms with Gasteiger partial charge in [-0.15, -0.1) is 0 Å².